The van der Waals surface area contributed by atoms with E-state index in [0.29, 0.717) is 17.4 Å². The molecule has 0 saturated carbocycles. The molecule has 2 aromatic rings. The molecule has 130 valence electrons. The van der Waals surface area contributed by atoms with E-state index in [2.05, 4.69) is 17.2 Å². The van der Waals surface area contributed by atoms with E-state index >= 15 is 0 Å². The van der Waals surface area contributed by atoms with Crippen molar-refractivity contribution in [3.05, 3.63) is 36.3 Å². The van der Waals surface area contributed by atoms with Crippen molar-refractivity contribution in [2.24, 2.45) is 12.8 Å². The Morgan fingerprint density at radius 1 is 1.46 bits per heavy atom. The monoisotopic (exact) mass is 350 g/mol. The van der Waals surface area contributed by atoms with Crippen LogP contribution in [0.4, 0.5) is 0 Å². The number of aromatic nitrogens is 2. The van der Waals surface area contributed by atoms with Gasteiger partial charge in [-0.3, -0.25) is 4.79 Å². The number of piperidine rings is 1. The van der Waals surface area contributed by atoms with E-state index in [1.165, 1.54) is 0 Å². The summed E-state index contributed by atoms with van der Waals surface area (Å²) >= 11 is 0. The van der Waals surface area contributed by atoms with Crippen LogP contribution in [0.25, 0.3) is 11.3 Å². The SMILES string of the molecule is CC1CC(Oc2ccc(-c3cn(C)cn3)cc2C(N)=O)CCN1.Cl. The minimum atomic E-state index is -0.486. The van der Waals surface area contributed by atoms with Gasteiger partial charge in [-0.05, 0) is 44.5 Å². The van der Waals surface area contributed by atoms with Crippen LogP contribution in [-0.2, 0) is 7.05 Å². The molecular formula is C17H23ClN4O2. The first-order valence-electron chi connectivity index (χ1n) is 7.85. The van der Waals surface area contributed by atoms with Crippen molar-refractivity contribution in [3.63, 3.8) is 0 Å². The number of rotatable bonds is 4. The van der Waals surface area contributed by atoms with Gasteiger partial charge in [-0.2, -0.15) is 0 Å². The number of nitrogens with two attached hydrogens (primary N) is 1. The molecule has 3 rings (SSSR count). The van der Waals surface area contributed by atoms with Gasteiger partial charge < -0.3 is 20.4 Å². The van der Waals surface area contributed by atoms with Gasteiger partial charge in [0.15, 0.2) is 0 Å². The maximum absolute atomic E-state index is 11.8. The largest absolute Gasteiger partial charge is 0.489 e. The maximum atomic E-state index is 11.8. The number of primary amides is 1. The highest BCUT2D eigenvalue weighted by atomic mass is 35.5. The Balaban J connectivity index is 0.00000208. The third-order valence-corrected chi connectivity index (χ3v) is 4.11. The summed E-state index contributed by atoms with van der Waals surface area (Å²) in [7, 11) is 1.90. The molecule has 2 heterocycles. The smallest absolute Gasteiger partial charge is 0.252 e. The van der Waals surface area contributed by atoms with Gasteiger partial charge in [-0.25, -0.2) is 4.98 Å². The third kappa shape index (κ3) is 4.07. The number of amides is 1. The van der Waals surface area contributed by atoms with E-state index in [-0.39, 0.29) is 18.5 Å². The number of aryl methyl sites for hydroxylation is 1. The molecule has 0 aliphatic carbocycles. The number of ether oxygens (including phenoxy) is 1. The van der Waals surface area contributed by atoms with Gasteiger partial charge in [0.2, 0.25) is 0 Å². The van der Waals surface area contributed by atoms with Gasteiger partial charge in [-0.15, -0.1) is 12.4 Å². The Kier molecular flexibility index (Phi) is 5.85. The Hall–Kier alpha value is -2.05. The molecule has 0 spiro atoms. The first-order chi connectivity index (χ1) is 11.0. The second kappa shape index (κ2) is 7.68. The first-order valence-corrected chi connectivity index (χ1v) is 7.85. The van der Waals surface area contributed by atoms with Crippen LogP contribution in [0.1, 0.15) is 30.1 Å². The number of carbonyl (C=O) groups is 1. The van der Waals surface area contributed by atoms with Crippen molar-refractivity contribution in [2.45, 2.75) is 31.9 Å². The summed E-state index contributed by atoms with van der Waals surface area (Å²) in [6, 6.07) is 5.90. The Morgan fingerprint density at radius 2 is 2.25 bits per heavy atom. The van der Waals surface area contributed by atoms with Crippen LogP contribution in [-0.4, -0.2) is 34.1 Å². The minimum Gasteiger partial charge on any atom is -0.489 e. The molecule has 0 radical (unpaired) electrons. The number of hydrogen-bond acceptors (Lipinski definition) is 4. The quantitative estimate of drug-likeness (QED) is 0.885. The average Bonchev–Trinajstić information content (AvgIpc) is 2.94. The van der Waals surface area contributed by atoms with E-state index in [0.717, 1.165) is 30.6 Å². The summed E-state index contributed by atoms with van der Waals surface area (Å²) in [6.45, 7) is 3.05. The zero-order chi connectivity index (χ0) is 16.4. The summed E-state index contributed by atoms with van der Waals surface area (Å²) in [5, 5.41) is 3.39. The third-order valence-electron chi connectivity index (χ3n) is 4.11. The number of nitrogens with zero attached hydrogens (tertiary/aromatic N) is 2. The van der Waals surface area contributed by atoms with Crippen LogP contribution in [0, 0.1) is 0 Å². The fourth-order valence-electron chi connectivity index (χ4n) is 2.92. The standard InChI is InChI=1S/C17H22N4O2.ClH/c1-11-7-13(5-6-19-11)23-16-4-3-12(8-14(16)17(18)22)15-9-21(2)10-20-15;/h3-4,8-11,13,19H,5-7H2,1-2H3,(H2,18,22);1H. The van der Waals surface area contributed by atoms with Crippen LogP contribution in [0.15, 0.2) is 30.7 Å². The normalized spacial score (nSPS) is 20.2. The predicted molar refractivity (Wildman–Crippen MR) is 95.5 cm³/mol. The summed E-state index contributed by atoms with van der Waals surface area (Å²) in [5.41, 5.74) is 7.60. The molecule has 3 N–H and O–H groups in total. The molecule has 1 amide bonds. The van der Waals surface area contributed by atoms with Crippen LogP contribution in [0.2, 0.25) is 0 Å². The molecule has 2 atom stereocenters. The van der Waals surface area contributed by atoms with Gasteiger partial charge in [-0.1, -0.05) is 0 Å². The van der Waals surface area contributed by atoms with Crippen molar-refractivity contribution in [1.82, 2.24) is 14.9 Å². The van der Waals surface area contributed by atoms with E-state index in [1.54, 1.807) is 12.4 Å². The van der Waals surface area contributed by atoms with Gasteiger partial charge in [0.1, 0.15) is 11.9 Å². The molecule has 1 fully saturated rings. The zero-order valence-corrected chi connectivity index (χ0v) is 14.7. The van der Waals surface area contributed by atoms with Crippen molar-refractivity contribution in [2.75, 3.05) is 6.54 Å². The topological polar surface area (TPSA) is 82.2 Å². The molecule has 7 heteroatoms. The number of benzene rings is 1. The lowest BCUT2D eigenvalue weighted by Gasteiger charge is -2.29. The highest BCUT2D eigenvalue weighted by Gasteiger charge is 2.22. The van der Waals surface area contributed by atoms with Crippen molar-refractivity contribution in [1.29, 1.82) is 0 Å². The van der Waals surface area contributed by atoms with Gasteiger partial charge in [0.25, 0.3) is 5.91 Å². The molecule has 2 unspecified atom stereocenters. The van der Waals surface area contributed by atoms with Crippen LogP contribution < -0.4 is 15.8 Å². The van der Waals surface area contributed by atoms with Crippen LogP contribution in [0.3, 0.4) is 0 Å². The maximum Gasteiger partial charge on any atom is 0.252 e. The zero-order valence-electron chi connectivity index (χ0n) is 13.9. The van der Waals surface area contributed by atoms with E-state index in [9.17, 15) is 4.79 Å². The van der Waals surface area contributed by atoms with E-state index in [1.807, 2.05) is 29.9 Å². The molecule has 1 aliphatic heterocycles. The predicted octanol–water partition coefficient (Wildman–Crippen LogP) is 2.13. The summed E-state index contributed by atoms with van der Waals surface area (Å²) in [6.07, 6.45) is 5.56. The number of halogens is 1. The molecule has 1 saturated heterocycles. The number of imidazole rings is 1. The summed E-state index contributed by atoms with van der Waals surface area (Å²) < 4.78 is 7.91. The van der Waals surface area contributed by atoms with Crippen molar-refractivity contribution in [3.8, 4) is 17.0 Å². The fourth-order valence-corrected chi connectivity index (χ4v) is 2.92. The molecule has 1 aromatic heterocycles. The number of carbonyl (C=O) groups excluding carboxylic acids is 1. The molecule has 1 aromatic carbocycles. The lowest BCUT2D eigenvalue weighted by Crippen LogP contribution is -2.40. The highest BCUT2D eigenvalue weighted by Crippen LogP contribution is 2.28. The summed E-state index contributed by atoms with van der Waals surface area (Å²) in [5.74, 6) is 0.0658. The molecular weight excluding hydrogens is 328 g/mol. The van der Waals surface area contributed by atoms with Gasteiger partial charge in [0.05, 0.1) is 17.6 Å². The molecule has 6 nitrogen and oxygen atoms in total. The highest BCUT2D eigenvalue weighted by molar-refractivity contribution is 5.96. The Morgan fingerprint density at radius 3 is 2.88 bits per heavy atom. The Labute approximate surface area is 147 Å². The second-order valence-corrected chi connectivity index (χ2v) is 6.12. The Bertz CT molecular complexity index is 716. The minimum absolute atomic E-state index is 0. The van der Waals surface area contributed by atoms with Gasteiger partial charge >= 0.3 is 0 Å². The van der Waals surface area contributed by atoms with Gasteiger partial charge in [0, 0.05) is 24.8 Å². The van der Waals surface area contributed by atoms with Crippen LogP contribution >= 0.6 is 12.4 Å². The van der Waals surface area contributed by atoms with Crippen LogP contribution in [0.5, 0.6) is 5.75 Å². The lowest BCUT2D eigenvalue weighted by molar-refractivity contribution is 0.0986. The molecule has 24 heavy (non-hydrogen) atoms. The first kappa shape index (κ1) is 18.3. The lowest BCUT2D eigenvalue weighted by atomic mass is 10.0. The van der Waals surface area contributed by atoms with Crippen molar-refractivity contribution < 1.29 is 9.53 Å². The average molecular weight is 351 g/mol. The van der Waals surface area contributed by atoms with Crippen molar-refractivity contribution >= 4 is 18.3 Å². The molecule has 0 bridgehead atoms. The molecule has 1 aliphatic rings. The number of nitrogens with one attached hydrogen (secondary N) is 1. The second-order valence-electron chi connectivity index (χ2n) is 6.12. The van der Waals surface area contributed by atoms with E-state index < -0.39 is 5.91 Å². The number of hydrogen-bond donors (Lipinski definition) is 2. The fraction of sp³-hybridized carbons (Fsp3) is 0.412. The summed E-state index contributed by atoms with van der Waals surface area (Å²) in [4.78, 5) is 16.1. The van der Waals surface area contributed by atoms with E-state index in [4.69, 9.17) is 10.5 Å².